The lowest BCUT2D eigenvalue weighted by atomic mass is 10.4. The first-order chi connectivity index (χ1) is 11.3. The summed E-state index contributed by atoms with van der Waals surface area (Å²) in [5.74, 6) is 1.67. The van der Waals surface area contributed by atoms with Crippen molar-refractivity contribution in [2.75, 3.05) is 13.1 Å². The van der Waals surface area contributed by atoms with Crippen LogP contribution in [-0.2, 0) is 25.9 Å². The molecule has 2 aromatic rings. The Bertz CT molecular complexity index is 617. The zero-order chi connectivity index (χ0) is 16.5. The van der Waals surface area contributed by atoms with E-state index < -0.39 is 0 Å². The molecule has 8 heteroatoms. The van der Waals surface area contributed by atoms with Crippen molar-refractivity contribution in [2.24, 2.45) is 4.99 Å². The molecule has 2 aromatic heterocycles. The van der Waals surface area contributed by atoms with Crippen LogP contribution in [0.25, 0.3) is 0 Å². The number of thiazole rings is 1. The molecule has 0 saturated carbocycles. The van der Waals surface area contributed by atoms with Gasteiger partial charge in [0.25, 0.3) is 0 Å². The minimum absolute atomic E-state index is 0.514. The normalized spacial score (nSPS) is 11.7. The van der Waals surface area contributed by atoms with E-state index in [4.69, 9.17) is 0 Å². The molecule has 0 radical (unpaired) electrons. The lowest BCUT2D eigenvalue weighted by molar-refractivity contribution is 0.693. The number of nitrogens with one attached hydrogen (secondary N) is 2. The molecule has 23 heavy (non-hydrogen) atoms. The monoisotopic (exact) mass is 335 g/mol. The summed E-state index contributed by atoms with van der Waals surface area (Å²) < 4.78 is 1.99. The highest BCUT2D eigenvalue weighted by Crippen LogP contribution is 2.13. The summed E-state index contributed by atoms with van der Waals surface area (Å²) in [5.41, 5.74) is 0. The van der Waals surface area contributed by atoms with Gasteiger partial charge in [-0.25, -0.2) is 9.98 Å². The van der Waals surface area contributed by atoms with Gasteiger partial charge in [-0.05, 0) is 20.3 Å². The summed E-state index contributed by atoms with van der Waals surface area (Å²) in [4.78, 5) is 10.3. The molecule has 0 aliphatic rings. The maximum atomic E-state index is 4.57. The second-order valence-electron chi connectivity index (χ2n) is 4.98. The van der Waals surface area contributed by atoms with E-state index in [2.05, 4.69) is 51.6 Å². The quantitative estimate of drug-likeness (QED) is 0.566. The predicted molar refractivity (Wildman–Crippen MR) is 93.7 cm³/mol. The van der Waals surface area contributed by atoms with E-state index >= 15 is 0 Å². The zero-order valence-electron chi connectivity index (χ0n) is 14.0. The third-order valence-corrected chi connectivity index (χ3v) is 4.54. The molecule has 0 spiro atoms. The lowest BCUT2D eigenvalue weighted by Crippen LogP contribution is -2.38. The third-order valence-electron chi connectivity index (χ3n) is 3.34. The van der Waals surface area contributed by atoms with Crippen molar-refractivity contribution >= 4 is 17.3 Å². The van der Waals surface area contributed by atoms with Crippen LogP contribution in [0.2, 0.25) is 0 Å². The Labute approximate surface area is 141 Å². The van der Waals surface area contributed by atoms with Gasteiger partial charge < -0.3 is 15.2 Å². The molecule has 2 N–H and O–H groups in total. The van der Waals surface area contributed by atoms with Crippen LogP contribution in [0.1, 0.15) is 36.5 Å². The Morgan fingerprint density at radius 2 is 2.17 bits per heavy atom. The van der Waals surface area contributed by atoms with Gasteiger partial charge in [0.05, 0.1) is 5.01 Å². The summed E-state index contributed by atoms with van der Waals surface area (Å²) in [6.45, 7) is 9.28. The maximum Gasteiger partial charge on any atom is 0.191 e. The first-order valence-corrected chi connectivity index (χ1v) is 8.90. The molecule has 0 aliphatic carbocycles. The number of guanidine groups is 1. The van der Waals surface area contributed by atoms with Crippen molar-refractivity contribution < 1.29 is 0 Å². The molecular formula is C15H25N7S. The Balaban J connectivity index is 1.86. The SMILES string of the molecule is CCNC(=NCc1nncn1CC)NCCc1ncc(CC)s1. The molecule has 0 saturated heterocycles. The van der Waals surface area contributed by atoms with E-state index in [1.54, 1.807) is 17.7 Å². The third kappa shape index (κ3) is 5.31. The highest BCUT2D eigenvalue weighted by Gasteiger charge is 2.04. The molecular weight excluding hydrogens is 310 g/mol. The van der Waals surface area contributed by atoms with Crippen LogP contribution in [0, 0.1) is 0 Å². The van der Waals surface area contributed by atoms with E-state index in [0.717, 1.165) is 49.3 Å². The minimum atomic E-state index is 0.514. The van der Waals surface area contributed by atoms with Crippen molar-refractivity contribution in [3.63, 3.8) is 0 Å². The minimum Gasteiger partial charge on any atom is -0.357 e. The molecule has 0 atom stereocenters. The summed E-state index contributed by atoms with van der Waals surface area (Å²) in [6, 6.07) is 0. The maximum absolute atomic E-state index is 4.57. The van der Waals surface area contributed by atoms with Gasteiger partial charge in [-0.3, -0.25) is 0 Å². The van der Waals surface area contributed by atoms with E-state index in [0.29, 0.717) is 6.54 Å². The van der Waals surface area contributed by atoms with Gasteiger partial charge in [0.15, 0.2) is 11.8 Å². The number of aryl methyl sites for hydroxylation is 2. The number of hydrogen-bond acceptors (Lipinski definition) is 5. The summed E-state index contributed by atoms with van der Waals surface area (Å²) in [5, 5.41) is 15.8. The van der Waals surface area contributed by atoms with Crippen molar-refractivity contribution in [3.8, 4) is 0 Å². The largest absolute Gasteiger partial charge is 0.357 e. The molecule has 2 rings (SSSR count). The fourth-order valence-corrected chi connectivity index (χ4v) is 2.93. The molecule has 7 nitrogen and oxygen atoms in total. The fourth-order valence-electron chi connectivity index (χ4n) is 2.07. The van der Waals surface area contributed by atoms with Crippen molar-refractivity contribution in [3.05, 3.63) is 28.2 Å². The van der Waals surface area contributed by atoms with Crippen LogP contribution >= 0.6 is 11.3 Å². The van der Waals surface area contributed by atoms with E-state index in [9.17, 15) is 0 Å². The first kappa shape index (κ1) is 17.4. The number of rotatable bonds is 8. The molecule has 0 aromatic carbocycles. The lowest BCUT2D eigenvalue weighted by Gasteiger charge is -2.10. The summed E-state index contributed by atoms with van der Waals surface area (Å²) >= 11 is 1.78. The molecule has 0 bridgehead atoms. The highest BCUT2D eigenvalue weighted by molar-refractivity contribution is 7.11. The molecule has 0 fully saturated rings. The van der Waals surface area contributed by atoms with E-state index in [1.807, 2.05) is 10.8 Å². The van der Waals surface area contributed by atoms with Crippen LogP contribution in [0.15, 0.2) is 17.5 Å². The number of aliphatic imine (C=N–C) groups is 1. The second-order valence-corrected chi connectivity index (χ2v) is 6.18. The molecule has 126 valence electrons. The Morgan fingerprint density at radius 3 is 2.87 bits per heavy atom. The van der Waals surface area contributed by atoms with Gasteiger partial charge in [0.2, 0.25) is 0 Å². The topological polar surface area (TPSA) is 80.0 Å². The van der Waals surface area contributed by atoms with Crippen LogP contribution in [0.4, 0.5) is 0 Å². The number of nitrogens with zero attached hydrogens (tertiary/aromatic N) is 5. The highest BCUT2D eigenvalue weighted by atomic mass is 32.1. The molecule has 0 unspecified atom stereocenters. The van der Waals surface area contributed by atoms with Crippen molar-refractivity contribution in [1.82, 2.24) is 30.4 Å². The van der Waals surface area contributed by atoms with Crippen molar-refractivity contribution in [1.29, 1.82) is 0 Å². The molecule has 0 aliphatic heterocycles. The van der Waals surface area contributed by atoms with Gasteiger partial charge in [-0.1, -0.05) is 6.92 Å². The van der Waals surface area contributed by atoms with Gasteiger partial charge in [-0.2, -0.15) is 0 Å². The van der Waals surface area contributed by atoms with Gasteiger partial charge in [0.1, 0.15) is 12.9 Å². The Kier molecular flexibility index (Phi) is 6.99. The standard InChI is InChI=1S/C15H25N7S/c1-4-12-9-18-14(23-12)7-8-17-15(16-5-2)19-10-13-21-20-11-22(13)6-3/h9,11H,4-8,10H2,1-3H3,(H2,16,17,19). The average molecular weight is 335 g/mol. The molecule has 0 amide bonds. The summed E-state index contributed by atoms with van der Waals surface area (Å²) in [6.07, 6.45) is 5.66. The van der Waals surface area contributed by atoms with Crippen LogP contribution < -0.4 is 10.6 Å². The smallest absolute Gasteiger partial charge is 0.191 e. The zero-order valence-corrected chi connectivity index (χ0v) is 14.9. The second kappa shape index (κ2) is 9.24. The molecule has 2 heterocycles. The predicted octanol–water partition coefficient (Wildman–Crippen LogP) is 1.61. The van der Waals surface area contributed by atoms with Crippen LogP contribution in [-0.4, -0.2) is 38.8 Å². The van der Waals surface area contributed by atoms with Crippen LogP contribution in [0.5, 0.6) is 0 Å². The van der Waals surface area contributed by atoms with E-state index in [1.165, 1.54) is 4.88 Å². The van der Waals surface area contributed by atoms with Crippen LogP contribution in [0.3, 0.4) is 0 Å². The average Bonchev–Trinajstić information content (AvgIpc) is 3.21. The van der Waals surface area contributed by atoms with E-state index in [-0.39, 0.29) is 0 Å². The number of aromatic nitrogens is 4. The Hall–Kier alpha value is -1.96. The summed E-state index contributed by atoms with van der Waals surface area (Å²) in [7, 11) is 0. The van der Waals surface area contributed by atoms with Gasteiger partial charge in [-0.15, -0.1) is 21.5 Å². The van der Waals surface area contributed by atoms with Gasteiger partial charge in [0, 0.05) is 37.1 Å². The fraction of sp³-hybridized carbons (Fsp3) is 0.600. The first-order valence-electron chi connectivity index (χ1n) is 8.09. The Morgan fingerprint density at radius 1 is 1.30 bits per heavy atom. The van der Waals surface area contributed by atoms with Gasteiger partial charge >= 0.3 is 0 Å². The van der Waals surface area contributed by atoms with Crippen molar-refractivity contribution in [2.45, 2.75) is 46.7 Å². The number of hydrogen-bond donors (Lipinski definition) is 2.